The van der Waals surface area contributed by atoms with Crippen LogP contribution >= 0.6 is 23.2 Å². The van der Waals surface area contributed by atoms with E-state index in [1.54, 1.807) is 0 Å². The van der Waals surface area contributed by atoms with Gasteiger partial charge in [0.15, 0.2) is 0 Å². The van der Waals surface area contributed by atoms with Crippen molar-refractivity contribution in [1.82, 2.24) is 4.90 Å². The molecule has 0 spiro atoms. The van der Waals surface area contributed by atoms with Crippen LogP contribution in [-0.2, 0) is 9.22 Å². The molecule has 6 heteroatoms. The third kappa shape index (κ3) is 6.35. The Bertz CT molecular complexity index is 1260. The van der Waals surface area contributed by atoms with E-state index < -0.39 is 8.32 Å². The van der Waals surface area contributed by atoms with E-state index in [2.05, 4.69) is 81.1 Å². The smallest absolute Gasteiger partial charge is 0.298 e. The van der Waals surface area contributed by atoms with Gasteiger partial charge in [-0.3, -0.25) is 4.79 Å². The topological polar surface area (TPSA) is 29.5 Å². The zero-order valence-corrected chi connectivity index (χ0v) is 24.9. The molecule has 1 aliphatic rings. The van der Waals surface area contributed by atoms with E-state index in [4.69, 9.17) is 27.6 Å². The molecule has 198 valence electrons. The van der Waals surface area contributed by atoms with Gasteiger partial charge in [0.25, 0.3) is 14.2 Å². The summed E-state index contributed by atoms with van der Waals surface area (Å²) in [6.45, 7) is 8.62. The molecule has 3 aromatic rings. The molecule has 4 rings (SSSR count). The monoisotopic (exact) mass is 563 g/mol. The van der Waals surface area contributed by atoms with Crippen molar-refractivity contribution in [3.8, 4) is 11.8 Å². The van der Waals surface area contributed by atoms with Gasteiger partial charge in [0, 0.05) is 32.0 Å². The Labute approximate surface area is 238 Å². The molecule has 1 heterocycles. The largest absolute Gasteiger partial charge is 0.406 e. The Morgan fingerprint density at radius 1 is 0.974 bits per heavy atom. The van der Waals surface area contributed by atoms with Crippen LogP contribution in [0.5, 0.6) is 0 Å². The van der Waals surface area contributed by atoms with Gasteiger partial charge in [-0.2, -0.15) is 0 Å². The molecule has 1 aliphatic heterocycles. The minimum absolute atomic E-state index is 0.0909. The first-order valence-electron chi connectivity index (χ1n) is 13.2. The quantitative estimate of drug-likeness (QED) is 0.190. The fraction of sp³-hybridized carbons (Fsp3) is 0.344. The van der Waals surface area contributed by atoms with Crippen LogP contribution < -0.4 is 10.4 Å². The molecule has 1 fully saturated rings. The summed E-state index contributed by atoms with van der Waals surface area (Å²) < 4.78 is 6.88. The maximum atomic E-state index is 12.9. The van der Waals surface area contributed by atoms with Gasteiger partial charge in [-0.15, -0.1) is 0 Å². The summed E-state index contributed by atoms with van der Waals surface area (Å²) in [6.07, 6.45) is 2.46. The number of hydrogen-bond acceptors (Lipinski definition) is 2. The summed E-state index contributed by atoms with van der Waals surface area (Å²) in [5, 5.41) is 3.49. The summed E-state index contributed by atoms with van der Waals surface area (Å²) >= 11 is 12.3. The van der Waals surface area contributed by atoms with Crippen LogP contribution in [0.4, 0.5) is 0 Å². The van der Waals surface area contributed by atoms with E-state index in [1.165, 1.54) is 10.4 Å². The van der Waals surface area contributed by atoms with Gasteiger partial charge in [-0.25, -0.2) is 0 Å². The maximum absolute atomic E-state index is 12.9. The van der Waals surface area contributed by atoms with Crippen LogP contribution in [0, 0.1) is 11.8 Å². The number of benzene rings is 3. The third-order valence-electron chi connectivity index (χ3n) is 7.28. The van der Waals surface area contributed by atoms with E-state index in [-0.39, 0.29) is 16.9 Å². The normalized spacial score (nSPS) is 16.0. The minimum Gasteiger partial charge on any atom is -0.406 e. The number of carbonyl (C=O) groups is 1. The third-order valence-corrected chi connectivity index (χ3v) is 13.1. The number of amides is 1. The molecule has 1 atom stereocenters. The first kappa shape index (κ1) is 28.5. The Balaban J connectivity index is 1.44. The summed E-state index contributed by atoms with van der Waals surface area (Å²) in [6, 6.07) is 26.9. The van der Waals surface area contributed by atoms with E-state index in [0.29, 0.717) is 29.6 Å². The summed E-state index contributed by atoms with van der Waals surface area (Å²) in [5.74, 6) is 6.09. The van der Waals surface area contributed by atoms with Crippen molar-refractivity contribution >= 4 is 47.8 Å². The van der Waals surface area contributed by atoms with Crippen molar-refractivity contribution in [3.63, 3.8) is 0 Å². The summed E-state index contributed by atoms with van der Waals surface area (Å²) in [7, 11) is -2.60. The number of likely N-dealkylation sites (tertiary alicyclic amines) is 1. The Kier molecular flexibility index (Phi) is 9.39. The van der Waals surface area contributed by atoms with Crippen LogP contribution in [0.2, 0.25) is 15.1 Å². The van der Waals surface area contributed by atoms with Crippen LogP contribution in [0.3, 0.4) is 0 Å². The zero-order valence-electron chi connectivity index (χ0n) is 22.3. The number of hydrogen-bond donors (Lipinski definition) is 0. The van der Waals surface area contributed by atoms with Crippen molar-refractivity contribution < 1.29 is 9.22 Å². The molecule has 0 radical (unpaired) electrons. The Morgan fingerprint density at radius 2 is 1.61 bits per heavy atom. The van der Waals surface area contributed by atoms with Gasteiger partial charge in [0.1, 0.15) is 0 Å². The highest BCUT2D eigenvalue weighted by Crippen LogP contribution is 2.37. The lowest BCUT2D eigenvalue weighted by Crippen LogP contribution is -2.66. The molecule has 38 heavy (non-hydrogen) atoms. The fourth-order valence-corrected chi connectivity index (χ4v) is 10.3. The number of piperidine rings is 1. The van der Waals surface area contributed by atoms with Crippen molar-refractivity contribution in [3.05, 3.63) is 94.5 Å². The molecule has 0 saturated carbocycles. The highest BCUT2D eigenvalue weighted by molar-refractivity contribution is 6.99. The Morgan fingerprint density at radius 3 is 2.18 bits per heavy atom. The lowest BCUT2D eigenvalue weighted by Gasteiger charge is -2.43. The SMILES string of the molecule is CC(C)(C)[Si](OCCC#CC(=O)N1CCCC(c2ccc(Cl)c(Cl)c2)C1)(c1ccccc1)c1ccccc1. The highest BCUT2D eigenvalue weighted by atomic mass is 35.5. The van der Waals surface area contributed by atoms with Crippen LogP contribution in [-0.4, -0.2) is 38.8 Å². The fourth-order valence-electron chi connectivity index (χ4n) is 5.43. The molecule has 0 bridgehead atoms. The second-order valence-corrected chi connectivity index (χ2v) is 15.9. The Hall–Kier alpha value is -2.55. The molecule has 0 aromatic heterocycles. The standard InChI is InChI=1S/C32H35Cl2NO2Si/c1-32(2,3)38(27-14-6-4-7-15-27,28-16-8-5-9-17-28)37-22-11-10-18-31(36)35-21-12-13-26(24-35)25-19-20-29(33)30(34)23-25/h4-9,14-17,19-20,23,26H,11-13,21-22,24H2,1-3H3. The number of rotatable bonds is 6. The van der Waals surface area contributed by atoms with Gasteiger partial charge in [-0.05, 0) is 51.9 Å². The van der Waals surface area contributed by atoms with E-state index in [9.17, 15) is 4.79 Å². The molecule has 0 N–H and O–H groups in total. The van der Waals surface area contributed by atoms with Crippen LogP contribution in [0.25, 0.3) is 0 Å². The van der Waals surface area contributed by atoms with Gasteiger partial charge in [0.2, 0.25) is 0 Å². The zero-order chi connectivity index (χ0) is 27.2. The van der Waals surface area contributed by atoms with E-state index in [0.717, 1.165) is 24.9 Å². The van der Waals surface area contributed by atoms with Crippen LogP contribution in [0.1, 0.15) is 51.5 Å². The van der Waals surface area contributed by atoms with Gasteiger partial charge < -0.3 is 9.33 Å². The highest BCUT2D eigenvalue weighted by Gasteiger charge is 2.49. The van der Waals surface area contributed by atoms with Crippen molar-refractivity contribution in [2.45, 2.75) is 51.0 Å². The molecule has 3 aromatic carbocycles. The van der Waals surface area contributed by atoms with Crippen LogP contribution in [0.15, 0.2) is 78.9 Å². The second-order valence-electron chi connectivity index (χ2n) is 10.8. The predicted octanol–water partition coefficient (Wildman–Crippen LogP) is 6.67. The van der Waals surface area contributed by atoms with Crippen molar-refractivity contribution in [1.29, 1.82) is 0 Å². The van der Waals surface area contributed by atoms with Gasteiger partial charge in [-0.1, -0.05) is 117 Å². The molecule has 0 aliphatic carbocycles. The molecule has 3 nitrogen and oxygen atoms in total. The first-order valence-corrected chi connectivity index (χ1v) is 15.9. The average Bonchev–Trinajstić information content (AvgIpc) is 2.92. The van der Waals surface area contributed by atoms with Crippen molar-refractivity contribution in [2.75, 3.05) is 19.7 Å². The number of nitrogens with zero attached hydrogens (tertiary/aromatic N) is 1. The maximum Gasteiger partial charge on any atom is 0.298 e. The van der Waals surface area contributed by atoms with Gasteiger partial charge >= 0.3 is 0 Å². The van der Waals surface area contributed by atoms with Gasteiger partial charge in [0.05, 0.1) is 10.0 Å². The minimum atomic E-state index is -2.60. The number of carbonyl (C=O) groups excluding carboxylic acids is 1. The molecule has 1 amide bonds. The summed E-state index contributed by atoms with van der Waals surface area (Å²) in [4.78, 5) is 14.8. The molecular formula is C32H35Cl2NO2Si. The second kappa shape index (κ2) is 12.5. The lowest BCUT2D eigenvalue weighted by molar-refractivity contribution is -0.126. The molecular weight excluding hydrogens is 529 g/mol. The molecule has 1 saturated heterocycles. The predicted molar refractivity (Wildman–Crippen MR) is 161 cm³/mol. The van der Waals surface area contributed by atoms with E-state index >= 15 is 0 Å². The van der Waals surface area contributed by atoms with Crippen molar-refractivity contribution in [2.24, 2.45) is 0 Å². The first-order chi connectivity index (χ1) is 18.2. The average molecular weight is 565 g/mol. The number of halogens is 2. The van der Waals surface area contributed by atoms with E-state index in [1.807, 2.05) is 35.2 Å². The summed E-state index contributed by atoms with van der Waals surface area (Å²) in [5.41, 5.74) is 1.11. The molecule has 1 unspecified atom stereocenters. The lowest BCUT2D eigenvalue weighted by atomic mass is 9.90.